The summed E-state index contributed by atoms with van der Waals surface area (Å²) in [5.74, 6) is 0. The van der Waals surface area contributed by atoms with Crippen LogP contribution < -0.4 is 21.2 Å². The molecule has 1 N–H and O–H groups in total. The molecule has 16 rings (SSSR count). The first-order chi connectivity index (χ1) is 39.9. The molecule has 0 aliphatic rings. The maximum Gasteiger partial charge on any atom is 0.234 e. The molecule has 16 aromatic rings. The number of hydrogen-bond acceptors (Lipinski definition) is 2. The van der Waals surface area contributed by atoms with Crippen LogP contribution >= 0.6 is 25.0 Å². The van der Waals surface area contributed by atoms with Crippen LogP contribution in [0.1, 0.15) is 0 Å². The molecule has 12 aromatic carbocycles. The number of aromatic amines is 1. The average molecular weight is 1100 g/mol. The molecule has 0 radical (unpaired) electrons. The Hall–Kier alpha value is -9.41. The highest BCUT2D eigenvalue weighted by atomic mass is 35.7. The predicted octanol–water partition coefficient (Wildman–Crippen LogP) is 18.2. The zero-order valence-corrected chi connectivity index (χ0v) is 46.3. The Morgan fingerprint density at radius 2 is 0.617 bits per heavy atom. The van der Waals surface area contributed by atoms with Crippen LogP contribution in [0.15, 0.2) is 303 Å². The number of halogens is 1. The molecule has 0 saturated carbocycles. The summed E-state index contributed by atoms with van der Waals surface area (Å²) >= 11 is 6.14. The number of para-hydroxylation sites is 6. The molecule has 0 saturated heterocycles. The minimum atomic E-state index is -3.38. The topological polar surface area (TPSA) is 64.7 Å². The van der Waals surface area contributed by atoms with Gasteiger partial charge in [0.15, 0.2) is 0 Å². The van der Waals surface area contributed by atoms with Crippen LogP contribution in [0.4, 0.5) is 0 Å². The van der Waals surface area contributed by atoms with E-state index in [1.165, 1.54) is 54.7 Å². The van der Waals surface area contributed by atoms with E-state index in [9.17, 15) is 4.57 Å². The van der Waals surface area contributed by atoms with E-state index >= 15 is 4.57 Å². The predicted molar refractivity (Wildman–Crippen MR) is 345 cm³/mol. The monoisotopic (exact) mass is 1100 g/mol. The fourth-order valence-electron chi connectivity index (χ4n) is 11.9. The first-order valence-corrected chi connectivity index (χ1v) is 31.3. The lowest BCUT2D eigenvalue weighted by molar-refractivity contribution is 0.583. The van der Waals surface area contributed by atoms with Crippen molar-refractivity contribution in [3.8, 4) is 11.4 Å². The molecule has 0 aliphatic heterocycles. The van der Waals surface area contributed by atoms with Gasteiger partial charge in [0.1, 0.15) is 0 Å². The van der Waals surface area contributed by atoms with Gasteiger partial charge in [-0.3, -0.25) is 13.5 Å². The Bertz CT molecular complexity index is 4970. The van der Waals surface area contributed by atoms with Crippen molar-refractivity contribution < 1.29 is 9.13 Å². The van der Waals surface area contributed by atoms with Gasteiger partial charge in [0.25, 0.3) is 0 Å². The largest absolute Gasteiger partial charge is 0.353 e. The van der Waals surface area contributed by atoms with Crippen LogP contribution in [0, 0.1) is 0 Å². The number of rotatable bonds is 7. The molecule has 0 amide bonds. The van der Waals surface area contributed by atoms with E-state index in [1.54, 1.807) is 24.3 Å². The van der Waals surface area contributed by atoms with Gasteiger partial charge in [0, 0.05) is 81.2 Å². The van der Waals surface area contributed by atoms with Crippen LogP contribution in [0.2, 0.25) is 0 Å². The molecular formula is C72H51ClN4O2P2. The number of aromatic nitrogens is 4. The number of benzene rings is 12. The zero-order chi connectivity index (χ0) is 54.5. The van der Waals surface area contributed by atoms with Gasteiger partial charge in [-0.25, -0.2) is 0 Å². The Morgan fingerprint density at radius 1 is 0.284 bits per heavy atom. The van der Waals surface area contributed by atoms with Gasteiger partial charge >= 0.3 is 0 Å². The smallest absolute Gasteiger partial charge is 0.234 e. The number of nitrogens with one attached hydrogen (secondary N) is 1. The average Bonchev–Trinajstić information content (AvgIpc) is 2.36. The third-order valence-electron chi connectivity index (χ3n) is 15.5. The van der Waals surface area contributed by atoms with E-state index in [1.807, 2.05) is 109 Å². The van der Waals surface area contributed by atoms with Gasteiger partial charge in [-0.05, 0) is 84.0 Å². The molecule has 0 spiro atoms. The minimum Gasteiger partial charge on any atom is -0.353 e. The lowest BCUT2D eigenvalue weighted by Gasteiger charge is -2.24. The Labute approximate surface area is 472 Å². The Morgan fingerprint density at radius 3 is 1.10 bits per heavy atom. The summed E-state index contributed by atoms with van der Waals surface area (Å²) in [6, 6.07) is 102. The molecule has 0 atom stereocenters. The molecule has 0 unspecified atom stereocenters. The van der Waals surface area contributed by atoms with Gasteiger partial charge < -0.3 is 14.1 Å². The van der Waals surface area contributed by atoms with Crippen molar-refractivity contribution in [3.63, 3.8) is 0 Å². The summed E-state index contributed by atoms with van der Waals surface area (Å²) < 4.78 is 35.2. The Kier molecular flexibility index (Phi) is 12.7. The van der Waals surface area contributed by atoms with Crippen molar-refractivity contribution in [2.24, 2.45) is 0 Å². The van der Waals surface area contributed by atoms with E-state index in [-0.39, 0.29) is 0 Å². The van der Waals surface area contributed by atoms with Crippen LogP contribution in [0.25, 0.3) is 98.6 Å². The molecule has 9 heteroatoms. The van der Waals surface area contributed by atoms with Gasteiger partial charge in [0.2, 0.25) is 13.8 Å². The summed E-state index contributed by atoms with van der Waals surface area (Å²) in [4.78, 5) is 3.67. The highest BCUT2D eigenvalue weighted by molar-refractivity contribution is 8.00. The first kappa shape index (κ1) is 49.9. The summed E-state index contributed by atoms with van der Waals surface area (Å²) in [5.41, 5.74) is 11.3. The lowest BCUT2D eigenvalue weighted by atomic mass is 10.1. The van der Waals surface area contributed by atoms with E-state index in [2.05, 4.69) is 188 Å². The molecule has 0 bridgehead atoms. The summed E-state index contributed by atoms with van der Waals surface area (Å²) in [7, 11) is -3.38. The quantitative estimate of drug-likeness (QED) is 0.162. The molecule has 4 heterocycles. The van der Waals surface area contributed by atoms with Gasteiger partial charge in [-0.1, -0.05) is 231 Å². The second kappa shape index (κ2) is 20.7. The summed E-state index contributed by atoms with van der Waals surface area (Å²) in [5, 5.41) is 12.6. The first-order valence-electron chi connectivity index (χ1n) is 27.0. The summed E-state index contributed by atoms with van der Waals surface area (Å²) in [6.07, 6.45) is 0. The van der Waals surface area contributed by atoms with Crippen molar-refractivity contribution in [3.05, 3.63) is 303 Å². The van der Waals surface area contributed by atoms with Gasteiger partial charge in [0.05, 0.1) is 38.6 Å². The number of nitrogens with zero attached hydrogens (tertiary/aromatic N) is 3. The molecule has 81 heavy (non-hydrogen) atoms. The van der Waals surface area contributed by atoms with Crippen molar-refractivity contribution in [1.29, 1.82) is 0 Å². The maximum absolute atomic E-state index is 16.0. The van der Waals surface area contributed by atoms with Crippen molar-refractivity contribution in [1.82, 2.24) is 18.5 Å². The molecular weight excluding hydrogens is 1050 g/mol. The highest BCUT2D eigenvalue weighted by Crippen LogP contribution is 2.53. The van der Waals surface area contributed by atoms with Crippen LogP contribution in [-0.2, 0) is 9.13 Å². The molecule has 0 aliphatic carbocycles. The van der Waals surface area contributed by atoms with E-state index in [4.69, 9.17) is 11.2 Å². The molecule has 388 valence electrons. The summed E-state index contributed by atoms with van der Waals surface area (Å²) in [6.45, 7) is -2.93. The number of H-pyrrole nitrogens is 1. The second-order valence-electron chi connectivity index (χ2n) is 20.1. The SMILES string of the molecule is O=P(Cl)(c1ccccc1)c1ccccc1.O=P(c1ccccc1)(c1ccccc1)n1c2ccccc2c2ccc3c4ccccc4n(-c4ccccc4)c3c21.c1ccc(-n2c3ccccc3c3ccc4c5ccccc5[nH]c4c32)cc1. The number of fused-ring (bicyclic) bond motifs is 14. The molecule has 4 aromatic heterocycles. The van der Waals surface area contributed by atoms with E-state index in [0.717, 1.165) is 54.5 Å². The van der Waals surface area contributed by atoms with Crippen LogP contribution in [0.5, 0.6) is 0 Å². The molecule has 0 fully saturated rings. The fourth-order valence-corrected chi connectivity index (χ4v) is 16.8. The normalized spacial score (nSPS) is 11.9. The van der Waals surface area contributed by atoms with Crippen molar-refractivity contribution in [2.75, 3.05) is 0 Å². The second-order valence-corrected chi connectivity index (χ2v) is 26.2. The maximum atomic E-state index is 16.0. The standard InChI is InChI=1S/C36H25N2OP.C24H16N2.C12H10ClOP/c39-40(27-16-6-2-7-17-27,28-18-8-3-9-19-28)38-34-23-13-11-21-30(34)32-25-24-31-29-20-10-12-22-33(29)37(35(31)36(32)38)26-14-4-1-5-15-26;1-2-8-16(9-3-1)26-22-13-7-5-11-18(22)20-15-14-19-17-10-4-6-12-21(17)25-23(19)24(20)26;13-15(14,11-7-3-1-4-8-11)12-9-5-2-6-10-12/h1-25H;1-15,25H;1-10H. The van der Waals surface area contributed by atoms with Crippen molar-refractivity contribution >= 4 is 133 Å². The van der Waals surface area contributed by atoms with Crippen molar-refractivity contribution in [2.45, 2.75) is 0 Å². The minimum absolute atomic E-state index is 0.679. The van der Waals surface area contributed by atoms with E-state index < -0.39 is 13.8 Å². The van der Waals surface area contributed by atoms with Crippen LogP contribution in [-0.4, -0.2) is 18.5 Å². The van der Waals surface area contributed by atoms with Gasteiger partial charge in [-0.2, -0.15) is 0 Å². The zero-order valence-electron chi connectivity index (χ0n) is 43.8. The third kappa shape index (κ3) is 8.42. The molecule has 6 nitrogen and oxygen atoms in total. The lowest BCUT2D eigenvalue weighted by Crippen LogP contribution is -2.21. The highest BCUT2D eigenvalue weighted by Gasteiger charge is 2.34. The van der Waals surface area contributed by atoms with Crippen LogP contribution in [0.3, 0.4) is 0 Å². The fraction of sp³-hybridized carbons (Fsp3) is 0. The third-order valence-corrected chi connectivity index (χ3v) is 21.5. The van der Waals surface area contributed by atoms with Gasteiger partial charge in [-0.15, -0.1) is 0 Å². The number of hydrogen-bond donors (Lipinski definition) is 1. The Balaban J connectivity index is 0.000000122. The van der Waals surface area contributed by atoms with E-state index in [0.29, 0.717) is 10.6 Å².